The van der Waals surface area contributed by atoms with Gasteiger partial charge in [-0.3, -0.25) is 0 Å². The largest absolute Gasteiger partial charge is 0.395 e. The molecule has 0 unspecified atom stereocenters. The summed E-state index contributed by atoms with van der Waals surface area (Å²) in [6.07, 6.45) is 6.82. The van der Waals surface area contributed by atoms with Crippen LogP contribution in [0.3, 0.4) is 0 Å². The van der Waals surface area contributed by atoms with Crippen LogP contribution in [0.5, 0.6) is 0 Å². The molecule has 1 heterocycles. The standard InChI is InChI=1S/C14H23N3O/c1-11(2)14-15-8-7-13(16-14)17(9-10-18)12-5-3-4-6-12/h7-8,11-12,18H,3-6,9-10H2,1-2H3. The molecule has 0 aromatic carbocycles. The van der Waals surface area contributed by atoms with Crippen LogP contribution in [0.1, 0.15) is 51.3 Å². The summed E-state index contributed by atoms with van der Waals surface area (Å²) in [6.45, 7) is 5.05. The molecule has 1 aliphatic carbocycles. The SMILES string of the molecule is CC(C)c1nccc(N(CCO)C2CCCC2)n1. The summed E-state index contributed by atoms with van der Waals surface area (Å²) in [5.74, 6) is 2.19. The molecule has 0 atom stereocenters. The van der Waals surface area contributed by atoms with Gasteiger partial charge in [0.05, 0.1) is 6.61 Å². The normalized spacial score (nSPS) is 16.4. The van der Waals surface area contributed by atoms with Gasteiger partial charge in [-0.1, -0.05) is 26.7 Å². The molecule has 0 amide bonds. The maximum Gasteiger partial charge on any atom is 0.133 e. The maximum atomic E-state index is 9.25. The summed E-state index contributed by atoms with van der Waals surface area (Å²) in [6, 6.07) is 2.49. The minimum atomic E-state index is 0.178. The van der Waals surface area contributed by atoms with Crippen molar-refractivity contribution in [1.29, 1.82) is 0 Å². The zero-order valence-corrected chi connectivity index (χ0v) is 11.3. The molecule has 100 valence electrons. The van der Waals surface area contributed by atoms with E-state index in [9.17, 15) is 5.11 Å². The van der Waals surface area contributed by atoms with E-state index in [1.807, 2.05) is 12.3 Å². The van der Waals surface area contributed by atoms with E-state index in [0.29, 0.717) is 18.5 Å². The van der Waals surface area contributed by atoms with Gasteiger partial charge in [-0.2, -0.15) is 0 Å². The van der Waals surface area contributed by atoms with Crippen molar-refractivity contribution in [2.75, 3.05) is 18.1 Å². The lowest BCUT2D eigenvalue weighted by Crippen LogP contribution is -2.36. The number of anilines is 1. The Morgan fingerprint density at radius 1 is 1.39 bits per heavy atom. The molecule has 0 aliphatic heterocycles. The first-order valence-corrected chi connectivity index (χ1v) is 6.93. The molecule has 18 heavy (non-hydrogen) atoms. The van der Waals surface area contributed by atoms with E-state index >= 15 is 0 Å². The minimum absolute atomic E-state index is 0.178. The van der Waals surface area contributed by atoms with E-state index in [1.165, 1.54) is 25.7 Å². The molecule has 0 spiro atoms. The van der Waals surface area contributed by atoms with Crippen molar-refractivity contribution in [2.45, 2.75) is 51.5 Å². The summed E-state index contributed by atoms with van der Waals surface area (Å²) in [4.78, 5) is 11.2. The van der Waals surface area contributed by atoms with Crippen LogP contribution in [0, 0.1) is 0 Å². The summed E-state index contributed by atoms with van der Waals surface area (Å²) < 4.78 is 0. The molecule has 1 saturated carbocycles. The topological polar surface area (TPSA) is 49.2 Å². The lowest BCUT2D eigenvalue weighted by Gasteiger charge is -2.29. The lowest BCUT2D eigenvalue weighted by atomic mass is 10.2. The van der Waals surface area contributed by atoms with Crippen molar-refractivity contribution >= 4 is 5.82 Å². The van der Waals surface area contributed by atoms with Crippen LogP contribution in [0.15, 0.2) is 12.3 Å². The van der Waals surface area contributed by atoms with E-state index in [0.717, 1.165) is 11.6 Å². The Morgan fingerprint density at radius 2 is 2.11 bits per heavy atom. The fourth-order valence-electron chi connectivity index (χ4n) is 2.61. The third-order valence-electron chi connectivity index (χ3n) is 3.58. The third kappa shape index (κ3) is 2.99. The second-order valence-electron chi connectivity index (χ2n) is 5.28. The maximum absolute atomic E-state index is 9.25. The molecular weight excluding hydrogens is 226 g/mol. The van der Waals surface area contributed by atoms with Crippen molar-refractivity contribution in [2.24, 2.45) is 0 Å². The van der Waals surface area contributed by atoms with Gasteiger partial charge in [0.2, 0.25) is 0 Å². The number of aliphatic hydroxyl groups is 1. The number of rotatable bonds is 5. The molecule has 0 bridgehead atoms. The summed E-state index contributed by atoms with van der Waals surface area (Å²) in [5, 5.41) is 9.25. The Morgan fingerprint density at radius 3 is 2.72 bits per heavy atom. The average Bonchev–Trinajstić information content (AvgIpc) is 2.89. The molecule has 1 fully saturated rings. The molecule has 2 rings (SSSR count). The van der Waals surface area contributed by atoms with Crippen LogP contribution in [-0.4, -0.2) is 34.3 Å². The van der Waals surface area contributed by atoms with Gasteiger partial charge in [-0.05, 0) is 18.9 Å². The molecule has 4 heteroatoms. The van der Waals surface area contributed by atoms with Crippen molar-refractivity contribution in [3.63, 3.8) is 0 Å². The van der Waals surface area contributed by atoms with Gasteiger partial charge in [0.25, 0.3) is 0 Å². The van der Waals surface area contributed by atoms with E-state index in [2.05, 4.69) is 28.7 Å². The molecule has 0 radical (unpaired) electrons. The summed E-state index contributed by atoms with van der Waals surface area (Å²) in [7, 11) is 0. The van der Waals surface area contributed by atoms with Gasteiger partial charge in [0.1, 0.15) is 11.6 Å². The second kappa shape index (κ2) is 6.14. The van der Waals surface area contributed by atoms with Gasteiger partial charge in [0.15, 0.2) is 0 Å². The van der Waals surface area contributed by atoms with Crippen LogP contribution in [0.2, 0.25) is 0 Å². The van der Waals surface area contributed by atoms with Crippen LogP contribution >= 0.6 is 0 Å². The van der Waals surface area contributed by atoms with E-state index in [-0.39, 0.29) is 6.61 Å². The number of hydrogen-bond donors (Lipinski definition) is 1. The number of hydrogen-bond acceptors (Lipinski definition) is 4. The van der Waals surface area contributed by atoms with Gasteiger partial charge >= 0.3 is 0 Å². The molecule has 0 saturated heterocycles. The molecule has 1 aromatic rings. The van der Waals surface area contributed by atoms with Gasteiger partial charge in [-0.25, -0.2) is 9.97 Å². The Labute approximate surface area is 109 Å². The average molecular weight is 249 g/mol. The lowest BCUT2D eigenvalue weighted by molar-refractivity contribution is 0.296. The smallest absolute Gasteiger partial charge is 0.133 e. The first-order valence-electron chi connectivity index (χ1n) is 6.93. The minimum Gasteiger partial charge on any atom is -0.395 e. The van der Waals surface area contributed by atoms with E-state index in [1.54, 1.807) is 0 Å². The zero-order valence-electron chi connectivity index (χ0n) is 11.3. The highest BCUT2D eigenvalue weighted by molar-refractivity contribution is 5.39. The second-order valence-corrected chi connectivity index (χ2v) is 5.28. The first kappa shape index (κ1) is 13.3. The number of aromatic nitrogens is 2. The fourth-order valence-corrected chi connectivity index (χ4v) is 2.61. The molecular formula is C14H23N3O. The highest BCUT2D eigenvalue weighted by atomic mass is 16.3. The quantitative estimate of drug-likeness (QED) is 0.870. The Bertz CT molecular complexity index is 375. The Kier molecular flexibility index (Phi) is 4.53. The van der Waals surface area contributed by atoms with Crippen molar-refractivity contribution in [1.82, 2.24) is 9.97 Å². The predicted octanol–water partition coefficient (Wildman–Crippen LogP) is 2.34. The van der Waals surface area contributed by atoms with Crippen LogP contribution in [0.25, 0.3) is 0 Å². The molecule has 1 aromatic heterocycles. The zero-order chi connectivity index (χ0) is 13.0. The fraction of sp³-hybridized carbons (Fsp3) is 0.714. The van der Waals surface area contributed by atoms with E-state index in [4.69, 9.17) is 0 Å². The first-order chi connectivity index (χ1) is 8.72. The Hall–Kier alpha value is -1.16. The highest BCUT2D eigenvalue weighted by Gasteiger charge is 2.23. The molecule has 1 aliphatic rings. The van der Waals surface area contributed by atoms with Crippen LogP contribution in [0.4, 0.5) is 5.82 Å². The van der Waals surface area contributed by atoms with Gasteiger partial charge < -0.3 is 10.0 Å². The van der Waals surface area contributed by atoms with Crippen molar-refractivity contribution in [3.8, 4) is 0 Å². The van der Waals surface area contributed by atoms with Crippen LogP contribution in [-0.2, 0) is 0 Å². The third-order valence-corrected chi connectivity index (χ3v) is 3.58. The molecule has 1 N–H and O–H groups in total. The summed E-state index contributed by atoms with van der Waals surface area (Å²) in [5.41, 5.74) is 0. The van der Waals surface area contributed by atoms with E-state index < -0.39 is 0 Å². The highest BCUT2D eigenvalue weighted by Crippen LogP contribution is 2.27. The Balaban J connectivity index is 2.21. The van der Waals surface area contributed by atoms with Crippen molar-refractivity contribution < 1.29 is 5.11 Å². The monoisotopic (exact) mass is 249 g/mol. The van der Waals surface area contributed by atoms with Gasteiger partial charge in [-0.15, -0.1) is 0 Å². The number of aliphatic hydroxyl groups excluding tert-OH is 1. The number of nitrogens with zero attached hydrogens (tertiary/aromatic N) is 3. The summed E-state index contributed by atoms with van der Waals surface area (Å²) >= 11 is 0. The predicted molar refractivity (Wildman–Crippen MR) is 72.8 cm³/mol. The van der Waals surface area contributed by atoms with Gasteiger partial charge in [0, 0.05) is 24.7 Å². The van der Waals surface area contributed by atoms with Crippen molar-refractivity contribution in [3.05, 3.63) is 18.1 Å². The van der Waals surface area contributed by atoms with Crippen LogP contribution < -0.4 is 4.90 Å². The molecule has 4 nitrogen and oxygen atoms in total.